The lowest BCUT2D eigenvalue weighted by Gasteiger charge is -2.46. The number of hydrogen-bond acceptors (Lipinski definition) is 6. The first-order valence-electron chi connectivity index (χ1n) is 11.7. The van der Waals surface area contributed by atoms with Gasteiger partial charge in [-0.2, -0.15) is 0 Å². The van der Waals surface area contributed by atoms with Crippen molar-refractivity contribution in [2.75, 3.05) is 55.2 Å². The van der Waals surface area contributed by atoms with E-state index in [0.29, 0.717) is 6.61 Å². The number of carbonyl (C=O) groups is 1. The Kier molecular flexibility index (Phi) is 8.31. The highest BCUT2D eigenvalue weighted by Gasteiger charge is 2.40. The van der Waals surface area contributed by atoms with Crippen molar-refractivity contribution < 1.29 is 33.0 Å². The molecule has 0 saturated carbocycles. The molecule has 0 spiro atoms. The van der Waals surface area contributed by atoms with Gasteiger partial charge in [0.15, 0.2) is 23.0 Å². The highest BCUT2D eigenvalue weighted by atomic mass is 16.5. The van der Waals surface area contributed by atoms with Crippen LogP contribution in [0.1, 0.15) is 41.6 Å². The van der Waals surface area contributed by atoms with Gasteiger partial charge in [0.25, 0.3) is 0 Å². The molecule has 2 unspecified atom stereocenters. The predicted molar refractivity (Wildman–Crippen MR) is 131 cm³/mol. The molecule has 0 amide bonds. The SMILES string of the molecule is COc1cc2c(cc1OC)C(Cc1cc(C)c(OC)c(OC)c1)[N+](C)(CCCOC(C)=O)CC2. The van der Waals surface area contributed by atoms with Crippen LogP contribution in [0.3, 0.4) is 0 Å². The molecule has 0 aromatic heterocycles. The molecule has 2 atom stereocenters. The van der Waals surface area contributed by atoms with E-state index in [2.05, 4.69) is 31.3 Å². The highest BCUT2D eigenvalue weighted by molar-refractivity contribution is 5.65. The van der Waals surface area contributed by atoms with Gasteiger partial charge in [-0.1, -0.05) is 6.07 Å². The van der Waals surface area contributed by atoms with Crippen LogP contribution in [-0.2, 0) is 22.4 Å². The van der Waals surface area contributed by atoms with Crippen LogP contribution in [0.5, 0.6) is 23.0 Å². The fourth-order valence-corrected chi connectivity index (χ4v) is 5.14. The van der Waals surface area contributed by atoms with Crippen LogP contribution in [0.2, 0.25) is 0 Å². The number of aryl methyl sites for hydroxylation is 1. The van der Waals surface area contributed by atoms with Crippen molar-refractivity contribution in [3.05, 3.63) is 46.5 Å². The normalized spacial score (nSPS) is 19.2. The van der Waals surface area contributed by atoms with E-state index < -0.39 is 0 Å². The summed E-state index contributed by atoms with van der Waals surface area (Å²) in [5.41, 5.74) is 4.79. The van der Waals surface area contributed by atoms with E-state index in [1.807, 2.05) is 6.92 Å². The van der Waals surface area contributed by atoms with Crippen LogP contribution in [0.4, 0.5) is 0 Å². The summed E-state index contributed by atoms with van der Waals surface area (Å²) in [6, 6.07) is 8.69. The van der Waals surface area contributed by atoms with Gasteiger partial charge in [0.1, 0.15) is 6.04 Å². The van der Waals surface area contributed by atoms with E-state index >= 15 is 0 Å². The maximum atomic E-state index is 11.2. The summed E-state index contributed by atoms with van der Waals surface area (Å²) in [4.78, 5) is 11.2. The van der Waals surface area contributed by atoms with Crippen molar-refractivity contribution >= 4 is 5.97 Å². The Balaban J connectivity index is 2.02. The molecule has 2 aromatic carbocycles. The van der Waals surface area contributed by atoms with Gasteiger partial charge in [-0.05, 0) is 41.8 Å². The van der Waals surface area contributed by atoms with E-state index in [-0.39, 0.29) is 12.0 Å². The number of nitrogens with zero attached hydrogens (tertiary/aromatic N) is 1. The topological polar surface area (TPSA) is 63.2 Å². The Morgan fingerprint density at radius 3 is 2.26 bits per heavy atom. The molecule has 1 aliphatic rings. The predicted octanol–water partition coefficient (Wildman–Crippen LogP) is 4.27. The summed E-state index contributed by atoms with van der Waals surface area (Å²) in [6.45, 7) is 5.82. The number of methoxy groups -OCH3 is 4. The highest BCUT2D eigenvalue weighted by Crippen LogP contribution is 2.43. The second-order valence-corrected chi connectivity index (χ2v) is 9.14. The Morgan fingerprint density at radius 1 is 0.971 bits per heavy atom. The number of ether oxygens (including phenoxy) is 5. The third-order valence-electron chi connectivity index (χ3n) is 6.92. The maximum Gasteiger partial charge on any atom is 0.302 e. The minimum atomic E-state index is -0.235. The number of carbonyl (C=O) groups excluding carboxylic acids is 1. The Morgan fingerprint density at radius 2 is 1.65 bits per heavy atom. The molecular weight excluding hydrogens is 434 g/mol. The fraction of sp³-hybridized carbons (Fsp3) is 0.519. The molecule has 0 radical (unpaired) electrons. The molecule has 3 rings (SSSR count). The van der Waals surface area contributed by atoms with Crippen molar-refractivity contribution in [1.82, 2.24) is 0 Å². The van der Waals surface area contributed by atoms with Crippen molar-refractivity contribution in [3.8, 4) is 23.0 Å². The van der Waals surface area contributed by atoms with E-state index in [0.717, 1.165) is 65.4 Å². The van der Waals surface area contributed by atoms with E-state index in [4.69, 9.17) is 23.7 Å². The molecule has 0 fully saturated rings. The zero-order valence-electron chi connectivity index (χ0n) is 21.5. The van der Waals surface area contributed by atoms with Crippen molar-refractivity contribution in [2.45, 2.75) is 39.2 Å². The molecule has 7 heteroatoms. The zero-order chi connectivity index (χ0) is 24.9. The first-order valence-corrected chi connectivity index (χ1v) is 11.7. The van der Waals surface area contributed by atoms with Crippen LogP contribution in [-0.4, -0.2) is 65.6 Å². The number of rotatable bonds is 10. The maximum absolute atomic E-state index is 11.2. The number of esters is 1. The largest absolute Gasteiger partial charge is 0.493 e. The van der Waals surface area contributed by atoms with Gasteiger partial charge >= 0.3 is 5.97 Å². The monoisotopic (exact) mass is 472 g/mol. The van der Waals surface area contributed by atoms with Gasteiger partial charge in [0.05, 0.1) is 55.2 Å². The van der Waals surface area contributed by atoms with Crippen molar-refractivity contribution in [3.63, 3.8) is 0 Å². The van der Waals surface area contributed by atoms with Gasteiger partial charge in [0, 0.05) is 31.7 Å². The quantitative estimate of drug-likeness (QED) is 0.292. The summed E-state index contributed by atoms with van der Waals surface area (Å²) in [6.07, 6.45) is 2.58. The molecule has 2 aromatic rings. The molecule has 0 bridgehead atoms. The Labute approximate surface area is 203 Å². The lowest BCUT2D eigenvalue weighted by molar-refractivity contribution is -0.941. The number of hydrogen-bond donors (Lipinski definition) is 0. The van der Waals surface area contributed by atoms with Gasteiger partial charge in [-0.3, -0.25) is 4.79 Å². The number of quaternary nitrogens is 1. The van der Waals surface area contributed by atoms with Crippen LogP contribution in [0.15, 0.2) is 24.3 Å². The molecule has 186 valence electrons. The summed E-state index contributed by atoms with van der Waals surface area (Å²) in [5.74, 6) is 2.77. The molecular formula is C27H38NO6+. The minimum Gasteiger partial charge on any atom is -0.493 e. The van der Waals surface area contributed by atoms with Crippen molar-refractivity contribution in [1.29, 1.82) is 0 Å². The molecule has 34 heavy (non-hydrogen) atoms. The van der Waals surface area contributed by atoms with Crippen LogP contribution >= 0.6 is 0 Å². The average Bonchev–Trinajstić information content (AvgIpc) is 2.82. The fourth-order valence-electron chi connectivity index (χ4n) is 5.14. The lowest BCUT2D eigenvalue weighted by atomic mass is 9.85. The number of likely N-dealkylation sites (N-methyl/N-ethyl adjacent to an activating group) is 1. The summed E-state index contributed by atoms with van der Waals surface area (Å²) >= 11 is 0. The smallest absolute Gasteiger partial charge is 0.302 e. The first-order chi connectivity index (χ1) is 16.3. The van der Waals surface area contributed by atoms with Gasteiger partial charge in [-0.25, -0.2) is 0 Å². The molecule has 0 N–H and O–H groups in total. The minimum absolute atomic E-state index is 0.193. The molecule has 7 nitrogen and oxygen atoms in total. The zero-order valence-corrected chi connectivity index (χ0v) is 21.5. The molecule has 1 heterocycles. The standard InChI is InChI=1S/C27H38NO6/c1-18-13-20(15-26(32-6)27(18)33-7)14-23-22-17-25(31-5)24(30-4)16-21(22)9-11-28(23,3)10-8-12-34-19(2)29/h13,15-17,23H,8-12,14H2,1-7H3/q+1. The third-order valence-corrected chi connectivity index (χ3v) is 6.92. The Bertz CT molecular complexity index is 1020. The van der Waals surface area contributed by atoms with Crippen LogP contribution in [0.25, 0.3) is 0 Å². The second kappa shape index (κ2) is 11.0. The summed E-state index contributed by atoms with van der Waals surface area (Å²) in [7, 11) is 8.98. The van der Waals surface area contributed by atoms with Crippen LogP contribution < -0.4 is 18.9 Å². The molecule has 0 aliphatic carbocycles. The molecule has 1 aliphatic heterocycles. The van der Waals surface area contributed by atoms with E-state index in [9.17, 15) is 4.79 Å². The van der Waals surface area contributed by atoms with Crippen LogP contribution in [0, 0.1) is 6.92 Å². The van der Waals surface area contributed by atoms with Gasteiger partial charge < -0.3 is 28.2 Å². The average molecular weight is 473 g/mol. The van der Waals surface area contributed by atoms with Gasteiger partial charge in [0.2, 0.25) is 0 Å². The third kappa shape index (κ3) is 5.41. The molecule has 0 saturated heterocycles. The number of benzene rings is 2. The van der Waals surface area contributed by atoms with E-state index in [1.54, 1.807) is 28.4 Å². The summed E-state index contributed by atoms with van der Waals surface area (Å²) in [5, 5.41) is 0. The second-order valence-electron chi connectivity index (χ2n) is 9.14. The van der Waals surface area contributed by atoms with E-state index in [1.165, 1.54) is 23.6 Å². The summed E-state index contributed by atoms with van der Waals surface area (Å²) < 4.78 is 28.5. The van der Waals surface area contributed by atoms with Gasteiger partial charge in [-0.15, -0.1) is 0 Å². The lowest BCUT2D eigenvalue weighted by Crippen LogP contribution is -2.52. The van der Waals surface area contributed by atoms with Crippen molar-refractivity contribution in [2.24, 2.45) is 0 Å². The Hall–Kier alpha value is -2.93. The first kappa shape index (κ1) is 25.7. The number of fused-ring (bicyclic) bond motifs is 1.